The molecule has 0 fully saturated rings. The first kappa shape index (κ1) is 19.0. The fraction of sp³-hybridized carbons (Fsp3) is 0.167. The first-order valence-electron chi connectivity index (χ1n) is 8.93. The quantitative estimate of drug-likeness (QED) is 0.651. The molecule has 28 heavy (non-hydrogen) atoms. The fourth-order valence-electron chi connectivity index (χ4n) is 2.44. The Kier molecular flexibility index (Phi) is 5.94. The zero-order chi connectivity index (χ0) is 19.9. The van der Waals surface area contributed by atoms with Crippen molar-refractivity contribution in [2.24, 2.45) is 0 Å². The van der Waals surface area contributed by atoms with Crippen molar-refractivity contribution >= 4 is 11.4 Å². The fourth-order valence-corrected chi connectivity index (χ4v) is 2.44. The second-order valence-corrected chi connectivity index (χ2v) is 6.65. The van der Waals surface area contributed by atoms with Crippen LogP contribution in [0.15, 0.2) is 60.8 Å². The molecule has 0 radical (unpaired) electrons. The molecule has 3 aromatic rings. The van der Waals surface area contributed by atoms with Gasteiger partial charge >= 0.3 is 0 Å². The number of aromatic nitrogens is 2. The molecule has 1 heterocycles. The lowest BCUT2D eigenvalue weighted by molar-refractivity contribution is 1.11. The van der Waals surface area contributed by atoms with Crippen LogP contribution in [0.3, 0.4) is 0 Å². The lowest BCUT2D eigenvalue weighted by Crippen LogP contribution is -2.07. The summed E-state index contributed by atoms with van der Waals surface area (Å²) in [6, 6.07) is 17.9. The van der Waals surface area contributed by atoms with Gasteiger partial charge in [-0.15, -0.1) is 0 Å². The molecule has 138 valence electrons. The Hall–Kier alpha value is -3.76. The van der Waals surface area contributed by atoms with E-state index in [0.717, 1.165) is 22.5 Å². The minimum absolute atomic E-state index is 0.464. The van der Waals surface area contributed by atoms with Gasteiger partial charge in [-0.05, 0) is 66.4 Å². The highest BCUT2D eigenvalue weighted by atomic mass is 15.1. The Morgan fingerprint density at radius 3 is 1.61 bits per heavy atom. The van der Waals surface area contributed by atoms with Gasteiger partial charge < -0.3 is 9.80 Å². The summed E-state index contributed by atoms with van der Waals surface area (Å²) < 4.78 is 0. The van der Waals surface area contributed by atoms with E-state index in [2.05, 4.69) is 43.4 Å². The molecule has 0 aliphatic carbocycles. The maximum absolute atomic E-state index is 4.42. The van der Waals surface area contributed by atoms with Crippen molar-refractivity contribution in [2.45, 2.75) is 0 Å². The summed E-state index contributed by atoms with van der Waals surface area (Å²) >= 11 is 0. The Balaban J connectivity index is 1.75. The van der Waals surface area contributed by atoms with Gasteiger partial charge in [0.25, 0.3) is 0 Å². The molecule has 2 aromatic carbocycles. The van der Waals surface area contributed by atoms with Crippen LogP contribution in [0.5, 0.6) is 0 Å². The molecule has 0 N–H and O–H groups in total. The van der Waals surface area contributed by atoms with Crippen molar-refractivity contribution < 1.29 is 0 Å². The van der Waals surface area contributed by atoms with Crippen LogP contribution in [-0.2, 0) is 0 Å². The predicted octanol–water partition coefficient (Wildman–Crippen LogP) is 3.41. The van der Waals surface area contributed by atoms with Crippen molar-refractivity contribution in [3.05, 3.63) is 83.4 Å². The maximum Gasteiger partial charge on any atom is 0.206 e. The molecule has 0 spiro atoms. The minimum Gasteiger partial charge on any atom is -0.378 e. The average molecular weight is 366 g/mol. The molecule has 4 heteroatoms. The van der Waals surface area contributed by atoms with Crippen LogP contribution in [0.4, 0.5) is 11.4 Å². The molecule has 0 unspecified atom stereocenters. The van der Waals surface area contributed by atoms with Gasteiger partial charge in [-0.25, -0.2) is 9.97 Å². The smallest absolute Gasteiger partial charge is 0.206 e. The summed E-state index contributed by atoms with van der Waals surface area (Å²) in [5.41, 5.74) is 4.80. The summed E-state index contributed by atoms with van der Waals surface area (Å²) in [6.45, 7) is 0. The van der Waals surface area contributed by atoms with Crippen LogP contribution >= 0.6 is 0 Å². The second-order valence-electron chi connectivity index (χ2n) is 6.65. The van der Waals surface area contributed by atoms with E-state index in [4.69, 9.17) is 0 Å². The lowest BCUT2D eigenvalue weighted by Gasteiger charge is -2.11. The third kappa shape index (κ3) is 5.13. The van der Waals surface area contributed by atoms with Crippen molar-refractivity contribution in [1.82, 2.24) is 9.97 Å². The number of benzene rings is 2. The number of anilines is 2. The SMILES string of the molecule is CN(C)c1ccc(C#Cc2ccnc(C#Cc3ccc(N(C)C)cc3)n2)cc1. The third-order valence-corrected chi connectivity index (χ3v) is 4.08. The van der Waals surface area contributed by atoms with E-state index in [1.165, 1.54) is 0 Å². The molecule has 0 amide bonds. The van der Waals surface area contributed by atoms with Crippen LogP contribution < -0.4 is 9.80 Å². The van der Waals surface area contributed by atoms with Crippen molar-refractivity contribution in [3.63, 3.8) is 0 Å². The van der Waals surface area contributed by atoms with E-state index in [0.29, 0.717) is 11.5 Å². The van der Waals surface area contributed by atoms with Crippen LogP contribution in [0, 0.1) is 23.7 Å². The van der Waals surface area contributed by atoms with E-state index >= 15 is 0 Å². The van der Waals surface area contributed by atoms with Gasteiger partial charge in [-0.1, -0.05) is 11.8 Å². The molecule has 0 bridgehead atoms. The predicted molar refractivity (Wildman–Crippen MR) is 116 cm³/mol. The highest BCUT2D eigenvalue weighted by Gasteiger charge is 1.97. The van der Waals surface area contributed by atoms with Crippen LogP contribution in [0.2, 0.25) is 0 Å². The monoisotopic (exact) mass is 366 g/mol. The topological polar surface area (TPSA) is 32.3 Å². The standard InChI is InChI=1S/C24H22N4/c1-27(2)22-12-6-19(7-13-22)5-11-21-17-18-25-24(26-21)16-10-20-8-14-23(15-9-20)28(3)4/h6-9,12-15,17-18H,1-4H3. The second kappa shape index (κ2) is 8.75. The highest BCUT2D eigenvalue weighted by Crippen LogP contribution is 2.12. The van der Waals surface area contributed by atoms with Gasteiger partial charge in [0.2, 0.25) is 5.82 Å². The number of hydrogen-bond acceptors (Lipinski definition) is 4. The molecule has 0 aliphatic heterocycles. The molecule has 3 rings (SSSR count). The summed E-state index contributed by atoms with van der Waals surface area (Å²) in [5, 5.41) is 0. The Morgan fingerprint density at radius 2 is 1.11 bits per heavy atom. The van der Waals surface area contributed by atoms with Gasteiger partial charge in [0.15, 0.2) is 0 Å². The van der Waals surface area contributed by atoms with E-state index < -0.39 is 0 Å². The van der Waals surface area contributed by atoms with E-state index in [1.54, 1.807) is 12.3 Å². The van der Waals surface area contributed by atoms with Crippen molar-refractivity contribution in [2.75, 3.05) is 38.0 Å². The van der Waals surface area contributed by atoms with E-state index in [-0.39, 0.29) is 0 Å². The molecule has 0 aliphatic rings. The number of nitrogens with zero attached hydrogens (tertiary/aromatic N) is 4. The first-order chi connectivity index (χ1) is 13.5. The zero-order valence-corrected chi connectivity index (χ0v) is 16.6. The Bertz CT molecular complexity index is 973. The lowest BCUT2D eigenvalue weighted by atomic mass is 10.2. The van der Waals surface area contributed by atoms with Crippen molar-refractivity contribution in [1.29, 1.82) is 0 Å². The third-order valence-electron chi connectivity index (χ3n) is 4.08. The minimum atomic E-state index is 0.464. The summed E-state index contributed by atoms with van der Waals surface area (Å²) in [6.07, 6.45) is 1.69. The van der Waals surface area contributed by atoms with Gasteiger partial charge in [-0.3, -0.25) is 0 Å². The zero-order valence-electron chi connectivity index (χ0n) is 16.6. The van der Waals surface area contributed by atoms with Gasteiger partial charge in [0, 0.05) is 56.9 Å². The highest BCUT2D eigenvalue weighted by molar-refractivity contribution is 5.51. The molecule has 0 atom stereocenters. The summed E-state index contributed by atoms with van der Waals surface area (Å²) in [5.74, 6) is 12.8. The van der Waals surface area contributed by atoms with E-state index in [9.17, 15) is 0 Å². The maximum atomic E-state index is 4.42. The van der Waals surface area contributed by atoms with Gasteiger partial charge in [-0.2, -0.15) is 0 Å². The van der Waals surface area contributed by atoms with Crippen LogP contribution in [0.1, 0.15) is 22.6 Å². The Morgan fingerprint density at radius 1 is 0.607 bits per heavy atom. The first-order valence-corrected chi connectivity index (χ1v) is 8.93. The van der Waals surface area contributed by atoms with Crippen LogP contribution in [0.25, 0.3) is 0 Å². The van der Waals surface area contributed by atoms with Crippen molar-refractivity contribution in [3.8, 4) is 23.7 Å². The summed E-state index contributed by atoms with van der Waals surface area (Å²) in [7, 11) is 8.05. The average Bonchev–Trinajstić information content (AvgIpc) is 2.71. The molecule has 1 aromatic heterocycles. The molecular weight excluding hydrogens is 344 g/mol. The van der Waals surface area contributed by atoms with E-state index in [1.807, 2.05) is 76.7 Å². The Labute approximate surface area is 166 Å². The number of rotatable bonds is 2. The normalized spacial score (nSPS) is 9.57. The summed E-state index contributed by atoms with van der Waals surface area (Å²) in [4.78, 5) is 12.7. The van der Waals surface area contributed by atoms with Gasteiger partial charge in [0.1, 0.15) is 5.69 Å². The van der Waals surface area contributed by atoms with Crippen LogP contribution in [-0.4, -0.2) is 38.2 Å². The molecule has 4 nitrogen and oxygen atoms in total. The number of hydrogen-bond donors (Lipinski definition) is 0. The molecule has 0 saturated heterocycles. The largest absolute Gasteiger partial charge is 0.378 e. The molecule has 0 saturated carbocycles. The van der Waals surface area contributed by atoms with Gasteiger partial charge in [0.05, 0.1) is 0 Å². The molecular formula is C24H22N4.